The predicted molar refractivity (Wildman–Crippen MR) is 137 cm³/mol. The molecule has 4 rings (SSSR count). The van der Waals surface area contributed by atoms with E-state index in [1.807, 2.05) is 0 Å². The molecule has 3 nitrogen and oxygen atoms in total. The van der Waals surface area contributed by atoms with Crippen LogP contribution in [0.25, 0.3) is 10.9 Å². The van der Waals surface area contributed by atoms with Crippen LogP contribution in [-0.4, -0.2) is 36.1 Å². The molecule has 0 spiro atoms. The van der Waals surface area contributed by atoms with Gasteiger partial charge >= 0.3 is 0 Å². The monoisotopic (exact) mass is 425 g/mol. The van der Waals surface area contributed by atoms with Gasteiger partial charge in [-0.1, -0.05) is 68.4 Å². The third-order valence-electron chi connectivity index (χ3n) is 6.35. The summed E-state index contributed by atoms with van der Waals surface area (Å²) in [6, 6.07) is 26.1. The smallest absolute Gasteiger partial charge is 0.0705 e. The fraction of sp³-hybridized carbons (Fsp3) is 0.345. The topological polar surface area (TPSA) is 19.4 Å². The zero-order valence-electron chi connectivity index (χ0n) is 19.9. The average Bonchev–Trinajstić information content (AvgIpc) is 2.79. The Bertz CT molecular complexity index is 1100. The third-order valence-corrected chi connectivity index (χ3v) is 6.35. The molecule has 1 aliphatic rings. The van der Waals surface area contributed by atoms with Gasteiger partial charge in [0, 0.05) is 49.5 Å². The molecule has 166 valence electrons. The number of aryl methyl sites for hydroxylation is 2. The van der Waals surface area contributed by atoms with Crippen LogP contribution in [0.5, 0.6) is 0 Å². The van der Waals surface area contributed by atoms with E-state index in [2.05, 4.69) is 110 Å². The molecule has 1 aliphatic heterocycles. The highest BCUT2D eigenvalue weighted by molar-refractivity contribution is 5.79. The Balaban J connectivity index is 1.46. The van der Waals surface area contributed by atoms with Crippen molar-refractivity contribution >= 4 is 16.6 Å². The fourth-order valence-corrected chi connectivity index (χ4v) is 4.56. The highest BCUT2D eigenvalue weighted by Gasteiger charge is 2.19. The lowest BCUT2D eigenvalue weighted by Crippen LogP contribution is -2.46. The summed E-state index contributed by atoms with van der Waals surface area (Å²) < 4.78 is 0. The molecule has 0 N–H and O–H groups in total. The number of aromatic nitrogens is 1. The Hall–Kier alpha value is -2.91. The number of pyridine rings is 1. The van der Waals surface area contributed by atoms with Gasteiger partial charge in [0.25, 0.3) is 0 Å². The highest BCUT2D eigenvalue weighted by atomic mass is 15.3. The van der Waals surface area contributed by atoms with Crippen LogP contribution in [0.4, 0.5) is 5.69 Å². The van der Waals surface area contributed by atoms with Crippen molar-refractivity contribution in [2.45, 2.75) is 40.2 Å². The minimum Gasteiger partial charge on any atom is -0.369 e. The molecule has 1 aromatic heterocycles. The van der Waals surface area contributed by atoms with Gasteiger partial charge in [0.05, 0.1) is 5.52 Å². The summed E-state index contributed by atoms with van der Waals surface area (Å²) >= 11 is 0. The van der Waals surface area contributed by atoms with Crippen molar-refractivity contribution in [3.63, 3.8) is 0 Å². The first-order valence-electron chi connectivity index (χ1n) is 11.8. The summed E-state index contributed by atoms with van der Waals surface area (Å²) in [6.07, 6.45) is 0. The van der Waals surface area contributed by atoms with Crippen LogP contribution in [0.1, 0.15) is 42.1 Å². The Labute approximate surface area is 193 Å². The van der Waals surface area contributed by atoms with E-state index in [-0.39, 0.29) is 0 Å². The molecule has 0 unspecified atom stereocenters. The number of piperazine rings is 1. The van der Waals surface area contributed by atoms with E-state index in [9.17, 15) is 0 Å². The van der Waals surface area contributed by atoms with E-state index in [4.69, 9.17) is 4.98 Å². The Kier molecular flexibility index (Phi) is 7.06. The minimum absolute atomic E-state index is 0.460. The number of fused-ring (bicyclic) bond motifs is 1. The lowest BCUT2D eigenvalue weighted by atomic mass is 10.1. The molecule has 1 saturated heterocycles. The van der Waals surface area contributed by atoms with Crippen LogP contribution in [0.3, 0.4) is 0 Å². The van der Waals surface area contributed by atoms with Crippen molar-refractivity contribution in [3.05, 3.63) is 95.2 Å². The summed E-state index contributed by atoms with van der Waals surface area (Å²) in [4.78, 5) is 9.95. The largest absolute Gasteiger partial charge is 0.369 e. The summed E-state index contributed by atoms with van der Waals surface area (Å²) in [5, 5.41) is 1.24. The molecule has 0 atom stereocenters. The van der Waals surface area contributed by atoms with Gasteiger partial charge in [-0.3, -0.25) is 9.88 Å². The molecule has 0 radical (unpaired) electrons. The molecule has 2 heterocycles. The summed E-state index contributed by atoms with van der Waals surface area (Å²) in [6.45, 7) is 14.1. The van der Waals surface area contributed by atoms with E-state index < -0.39 is 0 Å². The van der Waals surface area contributed by atoms with Gasteiger partial charge in [-0.15, -0.1) is 0 Å². The summed E-state index contributed by atoms with van der Waals surface area (Å²) in [5.41, 5.74) is 7.66. The SMILES string of the molecule is Cc1cccccccc(C)c1N1CCN(Cc2ccc3nc(C(C)C)ccc3c2)CC1. The first kappa shape index (κ1) is 22.3. The van der Waals surface area contributed by atoms with Crippen LogP contribution in [0, 0.1) is 13.8 Å². The second-order valence-electron chi connectivity index (χ2n) is 9.19. The number of hydrogen-bond acceptors (Lipinski definition) is 3. The van der Waals surface area contributed by atoms with E-state index >= 15 is 0 Å². The van der Waals surface area contributed by atoms with E-state index in [1.165, 1.54) is 27.8 Å². The number of rotatable bonds is 4. The minimum atomic E-state index is 0.460. The Morgan fingerprint density at radius 3 is 2.09 bits per heavy atom. The number of benzene rings is 1. The van der Waals surface area contributed by atoms with Crippen molar-refractivity contribution in [1.29, 1.82) is 0 Å². The van der Waals surface area contributed by atoms with Crippen molar-refractivity contribution in [2.24, 2.45) is 0 Å². The normalized spacial score (nSPS) is 14.6. The van der Waals surface area contributed by atoms with Gasteiger partial charge in [0.2, 0.25) is 0 Å². The predicted octanol–water partition coefficient (Wildman–Crippen LogP) is 6.42. The Morgan fingerprint density at radius 2 is 1.44 bits per heavy atom. The van der Waals surface area contributed by atoms with Gasteiger partial charge in [-0.25, -0.2) is 0 Å². The maximum Gasteiger partial charge on any atom is 0.0705 e. The zero-order valence-corrected chi connectivity index (χ0v) is 19.9. The third kappa shape index (κ3) is 5.28. The lowest BCUT2D eigenvalue weighted by Gasteiger charge is -2.37. The number of nitrogens with zero attached hydrogens (tertiary/aromatic N) is 3. The van der Waals surface area contributed by atoms with Crippen LogP contribution >= 0.6 is 0 Å². The molecule has 1 fully saturated rings. The second-order valence-corrected chi connectivity index (χ2v) is 9.19. The maximum atomic E-state index is 4.82. The molecule has 0 bridgehead atoms. The first-order chi connectivity index (χ1) is 15.5. The van der Waals surface area contributed by atoms with Gasteiger partial charge in [-0.05, 0) is 54.7 Å². The van der Waals surface area contributed by atoms with E-state index in [0.29, 0.717) is 5.92 Å². The zero-order chi connectivity index (χ0) is 22.5. The summed E-state index contributed by atoms with van der Waals surface area (Å²) in [5.74, 6) is 0.460. The molecule has 0 aliphatic carbocycles. The fourth-order valence-electron chi connectivity index (χ4n) is 4.56. The van der Waals surface area contributed by atoms with Crippen LogP contribution < -0.4 is 4.90 Å². The van der Waals surface area contributed by atoms with Crippen LogP contribution in [0.2, 0.25) is 0 Å². The molecule has 0 saturated carbocycles. The van der Waals surface area contributed by atoms with Gasteiger partial charge < -0.3 is 4.90 Å². The van der Waals surface area contributed by atoms with E-state index in [1.54, 1.807) is 0 Å². The van der Waals surface area contributed by atoms with Gasteiger partial charge in [-0.2, -0.15) is 0 Å². The molecular formula is C29H35N3. The molecule has 3 aromatic rings. The van der Waals surface area contributed by atoms with Crippen LogP contribution in [0.15, 0.2) is 72.8 Å². The van der Waals surface area contributed by atoms with E-state index in [0.717, 1.165) is 43.9 Å². The average molecular weight is 426 g/mol. The van der Waals surface area contributed by atoms with Crippen molar-refractivity contribution in [3.8, 4) is 0 Å². The van der Waals surface area contributed by atoms with Crippen molar-refractivity contribution in [2.75, 3.05) is 31.1 Å². The standard InChI is InChI=1S/C29H35N3/c1-22(2)27-15-13-26-20-25(12-14-28(26)30-27)21-31-16-18-32(19-17-31)29-23(3)10-8-6-5-7-9-11-24(29)4/h5-15,20,22H,16-19,21H2,1-4H3. The quantitative estimate of drug-likeness (QED) is 0.481. The number of hydrogen-bond donors (Lipinski definition) is 0. The first-order valence-corrected chi connectivity index (χ1v) is 11.8. The van der Waals surface area contributed by atoms with Crippen molar-refractivity contribution in [1.82, 2.24) is 9.88 Å². The van der Waals surface area contributed by atoms with Crippen LogP contribution in [-0.2, 0) is 6.54 Å². The molecule has 2 aromatic carbocycles. The molecular weight excluding hydrogens is 390 g/mol. The molecule has 3 heteroatoms. The second kappa shape index (κ2) is 10.1. The lowest BCUT2D eigenvalue weighted by molar-refractivity contribution is 0.250. The van der Waals surface area contributed by atoms with Gasteiger partial charge in [0.15, 0.2) is 0 Å². The molecule has 32 heavy (non-hydrogen) atoms. The summed E-state index contributed by atoms with van der Waals surface area (Å²) in [7, 11) is 0. The van der Waals surface area contributed by atoms with Gasteiger partial charge in [0.1, 0.15) is 0 Å². The number of anilines is 1. The maximum absolute atomic E-state index is 4.82. The Morgan fingerprint density at radius 1 is 0.781 bits per heavy atom. The van der Waals surface area contributed by atoms with Crippen molar-refractivity contribution < 1.29 is 0 Å². The highest BCUT2D eigenvalue weighted by Crippen LogP contribution is 2.25. The molecule has 0 amide bonds.